The average Bonchev–Trinajstić information content (AvgIpc) is 2.77. The molecule has 6 nitrogen and oxygen atoms in total. The Bertz CT molecular complexity index is 949. The lowest BCUT2D eigenvalue weighted by Crippen LogP contribution is -2.60. The minimum absolute atomic E-state index is 0.0832. The zero-order valence-electron chi connectivity index (χ0n) is 17.7. The molecule has 0 aliphatic heterocycles. The Hall–Kier alpha value is -2.68. The molecule has 1 heterocycles. The fraction of sp³-hybridized carbons (Fsp3) is 0.455. The van der Waals surface area contributed by atoms with E-state index < -0.39 is 34.9 Å². The van der Waals surface area contributed by atoms with Crippen LogP contribution in [0, 0.1) is 6.92 Å². The van der Waals surface area contributed by atoms with Gasteiger partial charge in [-0.2, -0.15) is 0 Å². The van der Waals surface area contributed by atoms with Crippen LogP contribution in [0.5, 0.6) is 0 Å². The number of carbonyl (C=O) groups is 2. The second kappa shape index (κ2) is 9.44. The van der Waals surface area contributed by atoms with Gasteiger partial charge in [0.05, 0.1) is 0 Å². The molecule has 10 heteroatoms. The number of halogens is 4. The van der Waals surface area contributed by atoms with Crippen molar-refractivity contribution in [1.82, 2.24) is 15.3 Å². The van der Waals surface area contributed by atoms with Crippen molar-refractivity contribution in [3.8, 4) is 0 Å². The molecule has 2 atom stereocenters. The Labute approximate surface area is 189 Å². The molecule has 1 aromatic heterocycles. The molecular formula is C22H24ClF3N4O2. The molecule has 0 radical (unpaired) electrons. The van der Waals surface area contributed by atoms with E-state index in [2.05, 4.69) is 15.3 Å². The molecule has 1 aliphatic rings. The molecule has 172 valence electrons. The SMILES string of the molecule is Cc1ccc(N(C(=O)[C@H](F)Cl)[C@@](C)(C(=O)NC2CCC(F)(F)CC2)c2cncnc2)cc1. The predicted molar refractivity (Wildman–Crippen MR) is 114 cm³/mol. The maximum Gasteiger partial charge on any atom is 0.278 e. The Balaban J connectivity index is 2.05. The van der Waals surface area contributed by atoms with Crippen molar-refractivity contribution in [1.29, 1.82) is 0 Å². The van der Waals surface area contributed by atoms with Gasteiger partial charge in [0.1, 0.15) is 6.33 Å². The van der Waals surface area contributed by atoms with Gasteiger partial charge in [-0.1, -0.05) is 29.3 Å². The van der Waals surface area contributed by atoms with Crippen LogP contribution in [0.25, 0.3) is 0 Å². The standard InChI is InChI=1S/C22H24ClF3N4O2/c1-14-3-5-17(6-4-14)30(19(31)18(23)24)21(2,15-11-27-13-28-12-15)20(32)29-16-7-9-22(25,26)10-8-16/h3-6,11-13,16,18H,7-10H2,1-2H3,(H,29,32)/t18-,21+/m0/s1. The molecule has 1 aromatic carbocycles. The third-order valence-electron chi connectivity index (χ3n) is 5.76. The summed E-state index contributed by atoms with van der Waals surface area (Å²) in [6, 6.07) is 6.05. The topological polar surface area (TPSA) is 75.2 Å². The smallest absolute Gasteiger partial charge is 0.278 e. The number of hydrogen-bond acceptors (Lipinski definition) is 4. The quantitative estimate of drug-likeness (QED) is 0.643. The lowest BCUT2D eigenvalue weighted by Gasteiger charge is -2.41. The number of alkyl halides is 4. The second-order valence-electron chi connectivity index (χ2n) is 8.11. The van der Waals surface area contributed by atoms with Crippen molar-refractivity contribution in [3.05, 3.63) is 54.1 Å². The van der Waals surface area contributed by atoms with E-state index in [1.54, 1.807) is 24.3 Å². The summed E-state index contributed by atoms with van der Waals surface area (Å²) < 4.78 is 41.2. The van der Waals surface area contributed by atoms with Crippen molar-refractivity contribution in [2.45, 2.75) is 62.7 Å². The molecule has 32 heavy (non-hydrogen) atoms. The maximum absolute atomic E-state index is 14.1. The number of nitrogens with one attached hydrogen (secondary N) is 1. The third kappa shape index (κ3) is 5.03. The highest BCUT2D eigenvalue weighted by Crippen LogP contribution is 2.37. The second-order valence-corrected chi connectivity index (χ2v) is 8.50. The molecule has 2 amide bonds. The highest BCUT2D eigenvalue weighted by molar-refractivity contribution is 6.32. The minimum atomic E-state index is -2.76. The summed E-state index contributed by atoms with van der Waals surface area (Å²) in [6.07, 6.45) is 3.41. The van der Waals surface area contributed by atoms with Crippen LogP contribution in [0.4, 0.5) is 18.9 Å². The first-order valence-electron chi connectivity index (χ1n) is 10.2. The molecule has 1 N–H and O–H groups in total. The number of nitrogens with zero attached hydrogens (tertiary/aromatic N) is 3. The predicted octanol–water partition coefficient (Wildman–Crippen LogP) is 4.26. The van der Waals surface area contributed by atoms with Crippen LogP contribution in [-0.2, 0) is 15.1 Å². The van der Waals surface area contributed by atoms with Gasteiger partial charge in [-0.25, -0.2) is 23.1 Å². The van der Waals surface area contributed by atoms with E-state index in [1.807, 2.05) is 6.92 Å². The lowest BCUT2D eigenvalue weighted by atomic mass is 9.87. The molecular weight excluding hydrogens is 445 g/mol. The Morgan fingerprint density at radius 2 is 1.75 bits per heavy atom. The zero-order valence-corrected chi connectivity index (χ0v) is 18.5. The van der Waals surface area contributed by atoms with E-state index >= 15 is 0 Å². The fourth-order valence-corrected chi connectivity index (χ4v) is 3.92. The van der Waals surface area contributed by atoms with Crippen molar-refractivity contribution >= 4 is 29.1 Å². The first-order chi connectivity index (χ1) is 15.0. The number of carbonyl (C=O) groups excluding carboxylic acids is 2. The van der Waals surface area contributed by atoms with Crippen molar-refractivity contribution in [3.63, 3.8) is 0 Å². The Morgan fingerprint density at radius 3 is 2.28 bits per heavy atom. The summed E-state index contributed by atoms with van der Waals surface area (Å²) in [5, 5.41) is 2.76. The van der Waals surface area contributed by atoms with E-state index in [1.165, 1.54) is 25.6 Å². The summed E-state index contributed by atoms with van der Waals surface area (Å²) in [6.45, 7) is 3.26. The average molecular weight is 469 g/mol. The van der Waals surface area contributed by atoms with E-state index in [0.717, 1.165) is 10.5 Å². The molecule has 0 bridgehead atoms. The van der Waals surface area contributed by atoms with Crippen molar-refractivity contribution in [2.75, 3.05) is 4.90 Å². The van der Waals surface area contributed by atoms with Crippen LogP contribution in [0.1, 0.15) is 43.7 Å². The van der Waals surface area contributed by atoms with Gasteiger partial charge < -0.3 is 5.32 Å². The fourth-order valence-electron chi connectivity index (χ4n) is 3.82. The summed E-state index contributed by atoms with van der Waals surface area (Å²) >= 11 is 5.52. The molecule has 0 saturated heterocycles. The summed E-state index contributed by atoms with van der Waals surface area (Å²) in [7, 11) is 0. The normalized spacial score (nSPS) is 18.9. The number of aromatic nitrogens is 2. The van der Waals surface area contributed by atoms with Gasteiger partial charge in [0.15, 0.2) is 5.54 Å². The first-order valence-corrected chi connectivity index (χ1v) is 10.6. The van der Waals surface area contributed by atoms with Crippen LogP contribution >= 0.6 is 11.6 Å². The van der Waals surface area contributed by atoms with Crippen molar-refractivity contribution in [2.24, 2.45) is 0 Å². The van der Waals surface area contributed by atoms with Gasteiger partial charge in [0.25, 0.3) is 17.4 Å². The van der Waals surface area contributed by atoms with E-state index in [-0.39, 0.29) is 36.9 Å². The van der Waals surface area contributed by atoms with E-state index in [4.69, 9.17) is 11.6 Å². The summed E-state index contributed by atoms with van der Waals surface area (Å²) in [5.74, 6) is -4.58. The van der Waals surface area contributed by atoms with Gasteiger partial charge >= 0.3 is 0 Å². The molecule has 1 aliphatic carbocycles. The van der Waals surface area contributed by atoms with Gasteiger partial charge in [-0.15, -0.1) is 0 Å². The highest BCUT2D eigenvalue weighted by Gasteiger charge is 2.48. The van der Waals surface area contributed by atoms with Crippen LogP contribution in [0.2, 0.25) is 0 Å². The highest BCUT2D eigenvalue weighted by atomic mass is 35.5. The summed E-state index contributed by atoms with van der Waals surface area (Å²) in [5.41, 5.74) is -2.87. The van der Waals surface area contributed by atoms with Gasteiger partial charge in [0, 0.05) is 42.5 Å². The molecule has 1 saturated carbocycles. The molecule has 2 aromatic rings. The zero-order chi connectivity index (χ0) is 23.5. The lowest BCUT2D eigenvalue weighted by molar-refractivity contribution is -0.132. The third-order valence-corrected chi connectivity index (χ3v) is 5.95. The monoisotopic (exact) mass is 468 g/mol. The first kappa shape index (κ1) is 24.0. The maximum atomic E-state index is 14.1. The van der Waals surface area contributed by atoms with Crippen molar-refractivity contribution < 1.29 is 22.8 Å². The van der Waals surface area contributed by atoms with Crippen LogP contribution in [0.15, 0.2) is 43.0 Å². The minimum Gasteiger partial charge on any atom is -0.351 e. The van der Waals surface area contributed by atoms with E-state index in [9.17, 15) is 22.8 Å². The van der Waals surface area contributed by atoms with Gasteiger partial charge in [-0.05, 0) is 38.8 Å². The van der Waals surface area contributed by atoms with Gasteiger partial charge in [0.2, 0.25) is 5.92 Å². The number of aryl methyl sites for hydroxylation is 1. The Kier molecular flexibility index (Phi) is 7.07. The molecule has 0 unspecified atom stereocenters. The molecule has 3 rings (SSSR count). The van der Waals surface area contributed by atoms with Crippen LogP contribution in [0.3, 0.4) is 0 Å². The molecule has 0 spiro atoms. The number of benzene rings is 1. The molecule has 1 fully saturated rings. The largest absolute Gasteiger partial charge is 0.351 e. The van der Waals surface area contributed by atoms with Crippen LogP contribution < -0.4 is 10.2 Å². The number of rotatable bonds is 6. The van der Waals surface area contributed by atoms with Crippen LogP contribution in [-0.4, -0.2) is 39.4 Å². The summed E-state index contributed by atoms with van der Waals surface area (Å²) in [4.78, 5) is 35.4. The Morgan fingerprint density at radius 1 is 1.19 bits per heavy atom. The van der Waals surface area contributed by atoms with E-state index in [0.29, 0.717) is 0 Å². The number of amides is 2. The number of anilines is 1. The van der Waals surface area contributed by atoms with Gasteiger partial charge in [-0.3, -0.25) is 14.5 Å². The number of hydrogen-bond donors (Lipinski definition) is 1.